The molecule has 1 atom stereocenters. The van der Waals surface area contributed by atoms with Crippen molar-refractivity contribution in [2.75, 3.05) is 44.2 Å². The molecule has 0 aromatic carbocycles. The van der Waals surface area contributed by atoms with E-state index in [1.54, 1.807) is 9.80 Å². The van der Waals surface area contributed by atoms with E-state index in [-0.39, 0.29) is 24.0 Å². The van der Waals surface area contributed by atoms with Crippen LogP contribution in [0.4, 0.5) is 8.78 Å². The van der Waals surface area contributed by atoms with Gasteiger partial charge in [-0.3, -0.25) is 9.69 Å². The van der Waals surface area contributed by atoms with E-state index in [0.717, 1.165) is 0 Å². The van der Waals surface area contributed by atoms with Crippen molar-refractivity contribution in [2.24, 2.45) is 5.92 Å². The predicted octanol–water partition coefficient (Wildman–Crippen LogP) is -0.170. The van der Waals surface area contributed by atoms with E-state index in [9.17, 15) is 22.0 Å². The zero-order valence-corrected chi connectivity index (χ0v) is 11.4. The van der Waals surface area contributed by atoms with E-state index >= 15 is 0 Å². The molecule has 110 valence electrons. The van der Waals surface area contributed by atoms with Crippen LogP contribution < -0.4 is 0 Å². The molecule has 0 spiro atoms. The van der Waals surface area contributed by atoms with Crippen LogP contribution in [0.2, 0.25) is 0 Å². The molecule has 0 bridgehead atoms. The molecule has 8 heteroatoms. The van der Waals surface area contributed by atoms with E-state index in [1.165, 1.54) is 0 Å². The molecule has 0 radical (unpaired) electrons. The molecule has 2 heterocycles. The minimum absolute atomic E-state index is 0.0664. The molecule has 2 aliphatic heterocycles. The molecular formula is C11H18F2N2O3S. The Bertz CT molecular complexity index is 433. The van der Waals surface area contributed by atoms with Gasteiger partial charge in [0.15, 0.2) is 9.84 Å². The van der Waals surface area contributed by atoms with Crippen LogP contribution in [-0.4, -0.2) is 74.8 Å². The van der Waals surface area contributed by atoms with Gasteiger partial charge in [0.25, 0.3) is 6.43 Å². The fourth-order valence-electron chi connectivity index (χ4n) is 2.59. The normalized spacial score (nSPS) is 27.9. The first-order chi connectivity index (χ1) is 8.87. The van der Waals surface area contributed by atoms with Gasteiger partial charge in [-0.2, -0.15) is 0 Å². The van der Waals surface area contributed by atoms with Gasteiger partial charge in [-0.1, -0.05) is 0 Å². The Morgan fingerprint density at radius 2 is 1.84 bits per heavy atom. The van der Waals surface area contributed by atoms with Crippen molar-refractivity contribution in [3.8, 4) is 0 Å². The molecule has 1 amide bonds. The summed E-state index contributed by atoms with van der Waals surface area (Å²) in [6.07, 6.45) is -1.97. The lowest BCUT2D eigenvalue weighted by molar-refractivity contribution is -0.136. The van der Waals surface area contributed by atoms with Crippen molar-refractivity contribution < 1.29 is 22.0 Å². The smallest absolute Gasteiger partial charge is 0.251 e. The standard InChI is InChI=1S/C11H18F2N2O3S/c12-10(13)7-14-2-4-15(5-3-14)11(16)9-1-6-19(17,18)8-9/h9-10H,1-8H2. The van der Waals surface area contributed by atoms with Crippen LogP contribution in [0.3, 0.4) is 0 Å². The van der Waals surface area contributed by atoms with Crippen molar-refractivity contribution >= 4 is 15.7 Å². The minimum atomic E-state index is -3.06. The highest BCUT2D eigenvalue weighted by atomic mass is 32.2. The van der Waals surface area contributed by atoms with Crippen molar-refractivity contribution in [1.29, 1.82) is 0 Å². The number of amides is 1. The molecule has 19 heavy (non-hydrogen) atoms. The SMILES string of the molecule is O=C(C1CCS(=O)(=O)C1)N1CCN(CC(F)F)CC1. The molecule has 2 saturated heterocycles. The Kier molecular flexibility index (Phi) is 4.39. The largest absolute Gasteiger partial charge is 0.340 e. The van der Waals surface area contributed by atoms with Crippen molar-refractivity contribution in [1.82, 2.24) is 9.80 Å². The van der Waals surface area contributed by atoms with Gasteiger partial charge < -0.3 is 4.90 Å². The quantitative estimate of drug-likeness (QED) is 0.725. The number of nitrogens with zero attached hydrogens (tertiary/aromatic N) is 2. The molecule has 2 fully saturated rings. The summed E-state index contributed by atoms with van der Waals surface area (Å²) in [5, 5.41) is 0. The van der Waals surface area contributed by atoms with Gasteiger partial charge in [-0.15, -0.1) is 0 Å². The number of hydrogen-bond acceptors (Lipinski definition) is 4. The third kappa shape index (κ3) is 3.85. The van der Waals surface area contributed by atoms with Gasteiger partial charge in [-0.05, 0) is 6.42 Å². The van der Waals surface area contributed by atoms with Crippen molar-refractivity contribution in [3.05, 3.63) is 0 Å². The van der Waals surface area contributed by atoms with Crippen LogP contribution in [0.5, 0.6) is 0 Å². The number of carbonyl (C=O) groups excluding carboxylic acids is 1. The summed E-state index contributed by atoms with van der Waals surface area (Å²) in [7, 11) is -3.06. The summed E-state index contributed by atoms with van der Waals surface area (Å²) < 4.78 is 47.1. The van der Waals surface area contributed by atoms with Crippen LogP contribution in [0.1, 0.15) is 6.42 Å². The fraction of sp³-hybridized carbons (Fsp3) is 0.909. The number of carbonyl (C=O) groups is 1. The van der Waals surface area contributed by atoms with Crippen LogP contribution in [0, 0.1) is 5.92 Å². The lowest BCUT2D eigenvalue weighted by Crippen LogP contribution is -2.51. The monoisotopic (exact) mass is 296 g/mol. The van der Waals surface area contributed by atoms with Crippen molar-refractivity contribution in [3.63, 3.8) is 0 Å². The highest BCUT2D eigenvalue weighted by molar-refractivity contribution is 7.91. The number of rotatable bonds is 3. The molecule has 5 nitrogen and oxygen atoms in total. The zero-order chi connectivity index (χ0) is 14.0. The molecule has 0 aromatic rings. The Balaban J connectivity index is 1.83. The number of piperazine rings is 1. The highest BCUT2D eigenvalue weighted by Gasteiger charge is 2.36. The summed E-state index contributed by atoms with van der Waals surface area (Å²) in [6.45, 7) is 1.40. The zero-order valence-electron chi connectivity index (χ0n) is 10.6. The van der Waals surface area contributed by atoms with E-state index in [1.807, 2.05) is 0 Å². The Morgan fingerprint density at radius 1 is 1.21 bits per heavy atom. The number of halogens is 2. The summed E-state index contributed by atoms with van der Waals surface area (Å²) in [6, 6.07) is 0. The summed E-state index contributed by atoms with van der Waals surface area (Å²) in [5.74, 6) is -0.567. The highest BCUT2D eigenvalue weighted by Crippen LogP contribution is 2.21. The maximum absolute atomic E-state index is 12.2. The summed E-state index contributed by atoms with van der Waals surface area (Å²) in [4.78, 5) is 15.3. The fourth-order valence-corrected chi connectivity index (χ4v) is 4.33. The molecule has 2 rings (SSSR count). The third-order valence-electron chi connectivity index (χ3n) is 3.66. The summed E-state index contributed by atoms with van der Waals surface area (Å²) in [5.41, 5.74) is 0. The van der Waals surface area contributed by atoms with Gasteiger partial charge in [0.05, 0.1) is 24.0 Å². The Morgan fingerprint density at radius 3 is 2.32 bits per heavy atom. The first-order valence-corrected chi connectivity index (χ1v) is 8.19. The molecule has 0 aliphatic carbocycles. The van der Waals surface area contributed by atoms with Crippen LogP contribution >= 0.6 is 0 Å². The average Bonchev–Trinajstić information content (AvgIpc) is 2.69. The molecule has 1 unspecified atom stereocenters. The van der Waals surface area contributed by atoms with Gasteiger partial charge >= 0.3 is 0 Å². The Hall–Kier alpha value is -0.760. The van der Waals surface area contributed by atoms with E-state index in [4.69, 9.17) is 0 Å². The number of alkyl halides is 2. The van der Waals surface area contributed by atoms with E-state index < -0.39 is 22.2 Å². The molecule has 0 N–H and O–H groups in total. The second-order valence-corrected chi connectivity index (χ2v) is 7.35. The minimum Gasteiger partial charge on any atom is -0.340 e. The molecule has 2 aliphatic rings. The first kappa shape index (κ1) is 14.6. The molecule has 0 aromatic heterocycles. The lowest BCUT2D eigenvalue weighted by atomic mass is 10.1. The maximum Gasteiger partial charge on any atom is 0.251 e. The molecule has 0 saturated carbocycles. The maximum atomic E-state index is 12.2. The summed E-state index contributed by atoms with van der Waals surface area (Å²) >= 11 is 0. The van der Waals surface area contributed by atoms with Crippen LogP contribution in [0.25, 0.3) is 0 Å². The second kappa shape index (κ2) is 5.70. The Labute approximate surface area is 111 Å². The van der Waals surface area contributed by atoms with Crippen molar-refractivity contribution in [2.45, 2.75) is 12.8 Å². The number of hydrogen-bond donors (Lipinski definition) is 0. The van der Waals surface area contributed by atoms with Gasteiger partial charge in [-0.25, -0.2) is 17.2 Å². The van der Waals surface area contributed by atoms with E-state index in [0.29, 0.717) is 32.6 Å². The van der Waals surface area contributed by atoms with Crippen LogP contribution in [-0.2, 0) is 14.6 Å². The number of sulfone groups is 1. The van der Waals surface area contributed by atoms with E-state index in [2.05, 4.69) is 0 Å². The van der Waals surface area contributed by atoms with Gasteiger partial charge in [0, 0.05) is 26.2 Å². The average molecular weight is 296 g/mol. The lowest BCUT2D eigenvalue weighted by Gasteiger charge is -2.35. The second-order valence-electron chi connectivity index (χ2n) is 5.12. The molecular weight excluding hydrogens is 278 g/mol. The topological polar surface area (TPSA) is 57.7 Å². The van der Waals surface area contributed by atoms with Gasteiger partial charge in [0.1, 0.15) is 0 Å². The first-order valence-electron chi connectivity index (χ1n) is 6.37. The predicted molar refractivity (Wildman–Crippen MR) is 65.8 cm³/mol. The van der Waals surface area contributed by atoms with Crippen LogP contribution in [0.15, 0.2) is 0 Å². The van der Waals surface area contributed by atoms with Gasteiger partial charge in [0.2, 0.25) is 5.91 Å². The third-order valence-corrected chi connectivity index (χ3v) is 5.43.